The van der Waals surface area contributed by atoms with Crippen molar-refractivity contribution in [1.29, 1.82) is 0 Å². The first-order valence-electron chi connectivity index (χ1n) is 3.68. The van der Waals surface area contributed by atoms with Crippen LogP contribution in [0, 0.1) is 6.92 Å². The zero-order chi connectivity index (χ0) is 10.1. The van der Waals surface area contributed by atoms with Crippen molar-refractivity contribution >= 4 is 21.9 Å². The van der Waals surface area contributed by atoms with Gasteiger partial charge in [0.1, 0.15) is 12.0 Å². The summed E-state index contributed by atoms with van der Waals surface area (Å²) in [5.74, 6) is 0.116. The molecule has 4 nitrogen and oxygen atoms in total. The molecule has 1 aromatic rings. The monoisotopic (exact) mass is 247 g/mol. The number of nitrogens with zero attached hydrogens (tertiary/aromatic N) is 1. The van der Waals surface area contributed by atoms with Gasteiger partial charge in [-0.3, -0.25) is 4.79 Å². The van der Waals surface area contributed by atoms with Crippen molar-refractivity contribution in [3.63, 3.8) is 0 Å². The van der Waals surface area contributed by atoms with Crippen LogP contribution in [0.15, 0.2) is 10.7 Å². The molecule has 5 heteroatoms. The molecule has 0 bridgehead atoms. The Morgan fingerprint density at radius 2 is 2.38 bits per heavy atom. The van der Waals surface area contributed by atoms with Gasteiger partial charge < -0.3 is 9.15 Å². The predicted molar refractivity (Wildman–Crippen MR) is 49.5 cm³/mol. The van der Waals surface area contributed by atoms with E-state index in [9.17, 15) is 4.79 Å². The molecule has 0 aromatic carbocycles. The second kappa shape index (κ2) is 3.49. The van der Waals surface area contributed by atoms with Crippen LogP contribution < -0.4 is 0 Å². The van der Waals surface area contributed by atoms with Crippen LogP contribution in [0.25, 0.3) is 0 Å². The first-order valence-corrected chi connectivity index (χ1v) is 4.47. The van der Waals surface area contributed by atoms with Gasteiger partial charge in [0.2, 0.25) is 0 Å². The zero-order valence-corrected chi connectivity index (χ0v) is 9.21. The van der Waals surface area contributed by atoms with Crippen molar-refractivity contribution in [2.75, 3.05) is 7.11 Å². The highest BCUT2D eigenvalue weighted by molar-refractivity contribution is 9.10. The standard InChI is InChI=1S/C8H10BrNO3/c1-5-10-6(4-13-5)8(2,9)7(11)12-3/h4H,1-3H3/t8-/m1/s1. The number of hydrogen-bond donors (Lipinski definition) is 0. The van der Waals surface area contributed by atoms with Gasteiger partial charge in [0.05, 0.1) is 7.11 Å². The van der Waals surface area contributed by atoms with Crippen molar-refractivity contribution in [1.82, 2.24) is 4.98 Å². The SMILES string of the molecule is COC(=O)[C@](C)(Br)c1coc(C)n1. The Kier molecular flexibility index (Phi) is 2.75. The van der Waals surface area contributed by atoms with Gasteiger partial charge >= 0.3 is 5.97 Å². The van der Waals surface area contributed by atoms with Crippen molar-refractivity contribution in [3.8, 4) is 0 Å². The molecule has 1 rings (SSSR count). The van der Waals surface area contributed by atoms with E-state index in [-0.39, 0.29) is 0 Å². The van der Waals surface area contributed by atoms with Gasteiger partial charge in [0.15, 0.2) is 10.2 Å². The Hall–Kier alpha value is -0.840. The Balaban J connectivity index is 2.99. The van der Waals surface area contributed by atoms with Gasteiger partial charge in [-0.25, -0.2) is 4.98 Å². The summed E-state index contributed by atoms with van der Waals surface area (Å²) in [5, 5.41) is 0. The van der Waals surface area contributed by atoms with E-state index in [1.807, 2.05) is 0 Å². The molecule has 1 heterocycles. The van der Waals surface area contributed by atoms with E-state index in [1.54, 1.807) is 13.8 Å². The fourth-order valence-corrected chi connectivity index (χ4v) is 1.22. The number of aryl methyl sites for hydroxylation is 1. The highest BCUT2D eigenvalue weighted by Crippen LogP contribution is 2.31. The van der Waals surface area contributed by atoms with Crippen LogP contribution in [-0.2, 0) is 13.9 Å². The van der Waals surface area contributed by atoms with Gasteiger partial charge in [-0.1, -0.05) is 15.9 Å². The molecule has 0 amide bonds. The molecule has 0 aliphatic carbocycles. The molecule has 0 aliphatic heterocycles. The van der Waals surface area contributed by atoms with Gasteiger partial charge in [-0.05, 0) is 6.92 Å². The average molecular weight is 248 g/mol. The van der Waals surface area contributed by atoms with Crippen LogP contribution in [0.3, 0.4) is 0 Å². The minimum atomic E-state index is -0.931. The number of esters is 1. The number of aromatic nitrogens is 1. The fraction of sp³-hybridized carbons (Fsp3) is 0.500. The van der Waals surface area contributed by atoms with E-state index in [4.69, 9.17) is 4.42 Å². The molecule has 1 aromatic heterocycles. The number of carbonyl (C=O) groups excluding carboxylic acids is 1. The zero-order valence-electron chi connectivity index (χ0n) is 7.63. The third-order valence-corrected chi connectivity index (χ3v) is 2.40. The van der Waals surface area contributed by atoms with Crippen molar-refractivity contribution < 1.29 is 13.9 Å². The average Bonchev–Trinajstić information content (AvgIpc) is 2.50. The molecule has 0 radical (unpaired) electrons. The second-order valence-corrected chi connectivity index (χ2v) is 4.33. The Labute approximate surface area is 84.4 Å². The van der Waals surface area contributed by atoms with Gasteiger partial charge in [0, 0.05) is 6.92 Å². The molecule has 0 aliphatic rings. The summed E-state index contributed by atoms with van der Waals surface area (Å²) < 4.78 is 8.68. The Bertz CT molecular complexity index is 319. The Morgan fingerprint density at radius 1 is 1.77 bits per heavy atom. The molecule has 0 unspecified atom stereocenters. The van der Waals surface area contributed by atoms with E-state index >= 15 is 0 Å². The van der Waals surface area contributed by atoms with Crippen molar-refractivity contribution in [2.45, 2.75) is 18.2 Å². The molecule has 0 fully saturated rings. The molecular weight excluding hydrogens is 238 g/mol. The summed E-state index contributed by atoms with van der Waals surface area (Å²) >= 11 is 3.23. The summed E-state index contributed by atoms with van der Waals surface area (Å²) in [6.07, 6.45) is 1.43. The second-order valence-electron chi connectivity index (χ2n) is 2.75. The van der Waals surface area contributed by atoms with Crippen LogP contribution in [0.4, 0.5) is 0 Å². The number of oxazole rings is 1. The van der Waals surface area contributed by atoms with E-state index in [1.165, 1.54) is 13.4 Å². The molecule has 0 spiro atoms. The van der Waals surface area contributed by atoms with Crippen molar-refractivity contribution in [2.24, 2.45) is 0 Å². The first-order chi connectivity index (χ1) is 5.98. The molecule has 72 valence electrons. The number of carbonyl (C=O) groups is 1. The quantitative estimate of drug-likeness (QED) is 0.591. The van der Waals surface area contributed by atoms with Crippen LogP contribution in [0.5, 0.6) is 0 Å². The third-order valence-electron chi connectivity index (χ3n) is 1.67. The topological polar surface area (TPSA) is 52.3 Å². The van der Waals surface area contributed by atoms with E-state index in [0.29, 0.717) is 11.6 Å². The maximum atomic E-state index is 11.3. The minimum absolute atomic E-state index is 0.402. The lowest BCUT2D eigenvalue weighted by molar-refractivity contribution is -0.143. The maximum Gasteiger partial charge on any atom is 0.328 e. The van der Waals surface area contributed by atoms with Crippen LogP contribution in [0.1, 0.15) is 18.5 Å². The predicted octanol–water partition coefficient (Wildman–Crippen LogP) is 1.77. The van der Waals surface area contributed by atoms with Gasteiger partial charge in [-0.2, -0.15) is 0 Å². The number of rotatable bonds is 2. The minimum Gasteiger partial charge on any atom is -0.468 e. The summed E-state index contributed by atoms with van der Waals surface area (Å²) in [6, 6.07) is 0. The number of halogens is 1. The maximum absolute atomic E-state index is 11.3. The Morgan fingerprint density at radius 3 is 2.77 bits per heavy atom. The fourth-order valence-electron chi connectivity index (χ4n) is 0.875. The van der Waals surface area contributed by atoms with Crippen LogP contribution >= 0.6 is 15.9 Å². The summed E-state index contributed by atoms with van der Waals surface area (Å²) in [6.45, 7) is 3.37. The molecular formula is C8H10BrNO3. The third kappa shape index (κ3) is 1.91. The smallest absolute Gasteiger partial charge is 0.328 e. The molecule has 1 atom stereocenters. The number of alkyl halides is 1. The molecule has 13 heavy (non-hydrogen) atoms. The number of methoxy groups -OCH3 is 1. The summed E-state index contributed by atoms with van der Waals surface area (Å²) in [5.41, 5.74) is 0.511. The summed E-state index contributed by atoms with van der Waals surface area (Å²) in [7, 11) is 1.33. The van der Waals surface area contributed by atoms with Gasteiger partial charge in [0.25, 0.3) is 0 Å². The molecule has 0 saturated heterocycles. The highest BCUT2D eigenvalue weighted by atomic mass is 79.9. The largest absolute Gasteiger partial charge is 0.468 e. The van der Waals surface area contributed by atoms with Crippen LogP contribution in [-0.4, -0.2) is 18.1 Å². The van der Waals surface area contributed by atoms with Crippen LogP contribution in [0.2, 0.25) is 0 Å². The van der Waals surface area contributed by atoms with E-state index in [2.05, 4.69) is 25.7 Å². The van der Waals surface area contributed by atoms with Crippen molar-refractivity contribution in [3.05, 3.63) is 17.8 Å². The lowest BCUT2D eigenvalue weighted by atomic mass is 10.1. The van der Waals surface area contributed by atoms with E-state index in [0.717, 1.165) is 0 Å². The number of ether oxygens (including phenoxy) is 1. The number of hydrogen-bond acceptors (Lipinski definition) is 4. The lowest BCUT2D eigenvalue weighted by Gasteiger charge is -2.15. The van der Waals surface area contributed by atoms with Gasteiger partial charge in [-0.15, -0.1) is 0 Å². The normalized spacial score (nSPS) is 15.1. The summed E-state index contributed by atoms with van der Waals surface area (Å²) in [4.78, 5) is 15.3. The molecule has 0 N–H and O–H groups in total. The highest BCUT2D eigenvalue weighted by Gasteiger charge is 2.36. The first kappa shape index (κ1) is 10.2. The molecule has 0 saturated carbocycles. The lowest BCUT2D eigenvalue weighted by Crippen LogP contribution is -2.27. The van der Waals surface area contributed by atoms with E-state index < -0.39 is 10.3 Å².